The molecule has 0 fully saturated rings. The molecular weight excluding hydrogens is 197 g/mol. The van der Waals surface area contributed by atoms with Gasteiger partial charge in [-0.1, -0.05) is 12.2 Å². The highest BCUT2D eigenvalue weighted by Gasteiger charge is 2.22. The number of rotatable bonds is 6. The molecule has 0 amide bonds. The third-order valence-electron chi connectivity index (χ3n) is 1.22. The molecule has 1 atom stereocenters. The van der Waals surface area contributed by atoms with Crippen LogP contribution in [-0.2, 0) is 4.57 Å². The second-order valence-electron chi connectivity index (χ2n) is 2.16. The lowest BCUT2D eigenvalue weighted by molar-refractivity contribution is 0.469. The van der Waals surface area contributed by atoms with E-state index < -0.39 is 7.59 Å². The summed E-state index contributed by atoms with van der Waals surface area (Å²) < 4.78 is 14.9. The summed E-state index contributed by atoms with van der Waals surface area (Å²) >= 11 is 5.21. The minimum Gasteiger partial charge on any atom is -0.270 e. The molecule has 6 heteroatoms. The van der Waals surface area contributed by atoms with Gasteiger partial charge in [0.15, 0.2) is 0 Å². The van der Waals surface area contributed by atoms with Crippen molar-refractivity contribution in [2.45, 2.75) is 0 Å². The SMILES string of the molecule is C=CCN(CC=C)P(N)(=O)NCl. The van der Waals surface area contributed by atoms with Gasteiger partial charge in [0.2, 0.25) is 0 Å². The Morgan fingerprint density at radius 1 is 1.50 bits per heavy atom. The first kappa shape index (κ1) is 11.9. The third kappa shape index (κ3) is 3.52. The molecule has 70 valence electrons. The van der Waals surface area contributed by atoms with Gasteiger partial charge in [0.05, 0.1) is 0 Å². The molecule has 0 aromatic rings. The van der Waals surface area contributed by atoms with Crippen molar-refractivity contribution in [1.29, 1.82) is 0 Å². The fourth-order valence-corrected chi connectivity index (χ4v) is 1.81. The first-order chi connectivity index (χ1) is 5.58. The molecule has 0 heterocycles. The van der Waals surface area contributed by atoms with Crippen LogP contribution in [0.2, 0.25) is 0 Å². The van der Waals surface area contributed by atoms with Crippen LogP contribution in [0.4, 0.5) is 0 Å². The minimum atomic E-state index is -3.11. The molecule has 0 bridgehead atoms. The van der Waals surface area contributed by atoms with E-state index in [9.17, 15) is 4.57 Å². The van der Waals surface area contributed by atoms with Gasteiger partial charge in [0.25, 0.3) is 7.59 Å². The van der Waals surface area contributed by atoms with Gasteiger partial charge in [0, 0.05) is 13.1 Å². The molecule has 4 nitrogen and oxygen atoms in total. The van der Waals surface area contributed by atoms with Crippen LogP contribution in [0.15, 0.2) is 25.3 Å². The molecule has 0 saturated heterocycles. The van der Waals surface area contributed by atoms with Gasteiger partial charge < -0.3 is 0 Å². The molecule has 0 aliphatic rings. The summed E-state index contributed by atoms with van der Waals surface area (Å²) in [6, 6.07) is 0. The van der Waals surface area contributed by atoms with Gasteiger partial charge in [-0.05, 0) is 11.8 Å². The zero-order valence-corrected chi connectivity index (χ0v) is 8.39. The van der Waals surface area contributed by atoms with Crippen molar-refractivity contribution in [2.24, 2.45) is 5.50 Å². The van der Waals surface area contributed by atoms with Crippen molar-refractivity contribution in [3.8, 4) is 0 Å². The van der Waals surface area contributed by atoms with Crippen molar-refractivity contribution in [2.75, 3.05) is 13.1 Å². The summed E-state index contributed by atoms with van der Waals surface area (Å²) in [6.07, 6.45) is 3.19. The first-order valence-corrected chi connectivity index (χ1v) is 5.43. The van der Waals surface area contributed by atoms with Crippen molar-refractivity contribution >= 4 is 19.4 Å². The van der Waals surface area contributed by atoms with Gasteiger partial charge in [-0.15, -0.1) is 13.2 Å². The van der Waals surface area contributed by atoms with Crippen molar-refractivity contribution in [3.63, 3.8) is 0 Å². The summed E-state index contributed by atoms with van der Waals surface area (Å²) in [5.41, 5.74) is 5.38. The maximum absolute atomic E-state index is 11.4. The summed E-state index contributed by atoms with van der Waals surface area (Å²) in [7, 11) is -3.11. The summed E-state index contributed by atoms with van der Waals surface area (Å²) in [5.74, 6) is 0. The lowest BCUT2D eigenvalue weighted by Gasteiger charge is -2.23. The average molecular weight is 210 g/mol. The molecule has 0 radical (unpaired) electrons. The van der Waals surface area contributed by atoms with Crippen LogP contribution in [0.25, 0.3) is 0 Å². The zero-order chi connectivity index (χ0) is 9.61. The Bertz CT molecular complexity index is 199. The Morgan fingerprint density at radius 3 is 2.17 bits per heavy atom. The van der Waals surface area contributed by atoms with Crippen LogP contribution >= 0.6 is 19.4 Å². The monoisotopic (exact) mass is 209 g/mol. The minimum absolute atomic E-state index is 0.402. The van der Waals surface area contributed by atoms with Gasteiger partial charge in [-0.25, -0.2) is 4.67 Å². The summed E-state index contributed by atoms with van der Waals surface area (Å²) in [4.78, 5) is 0. The molecular formula is C6H13ClN3OP. The normalized spacial score (nSPS) is 15.6. The van der Waals surface area contributed by atoms with Crippen LogP contribution in [0.5, 0.6) is 0 Å². The molecule has 0 aromatic carbocycles. The predicted molar refractivity (Wildman–Crippen MR) is 52.7 cm³/mol. The van der Waals surface area contributed by atoms with Crippen LogP contribution in [0.1, 0.15) is 0 Å². The lowest BCUT2D eigenvalue weighted by atomic mass is 10.5. The maximum atomic E-state index is 11.4. The van der Waals surface area contributed by atoms with E-state index in [1.165, 1.54) is 4.67 Å². The molecule has 0 aliphatic carbocycles. The smallest absolute Gasteiger partial charge is 0.270 e. The maximum Gasteiger partial charge on any atom is 0.293 e. The van der Waals surface area contributed by atoms with E-state index in [0.29, 0.717) is 13.1 Å². The second kappa shape index (κ2) is 5.51. The van der Waals surface area contributed by atoms with Crippen molar-refractivity contribution < 1.29 is 4.57 Å². The second-order valence-corrected chi connectivity index (χ2v) is 4.64. The highest BCUT2D eigenvalue weighted by Crippen LogP contribution is 2.36. The fraction of sp³-hybridized carbons (Fsp3) is 0.333. The number of hydrogen-bond donors (Lipinski definition) is 2. The van der Waals surface area contributed by atoms with E-state index in [1.807, 2.05) is 4.61 Å². The molecule has 0 rings (SSSR count). The van der Waals surface area contributed by atoms with E-state index in [1.54, 1.807) is 12.2 Å². The Morgan fingerprint density at radius 2 is 1.92 bits per heavy atom. The Labute approximate surface area is 77.7 Å². The summed E-state index contributed by atoms with van der Waals surface area (Å²) in [6.45, 7) is 7.82. The van der Waals surface area contributed by atoms with Gasteiger partial charge in [-0.2, -0.15) is 4.61 Å². The Balaban J connectivity index is 4.36. The molecule has 12 heavy (non-hydrogen) atoms. The van der Waals surface area contributed by atoms with Crippen LogP contribution in [-0.4, -0.2) is 17.8 Å². The number of nitrogens with two attached hydrogens (primary N) is 1. The fourth-order valence-electron chi connectivity index (χ4n) is 0.669. The number of nitrogens with one attached hydrogen (secondary N) is 1. The van der Waals surface area contributed by atoms with E-state index >= 15 is 0 Å². The third-order valence-corrected chi connectivity index (χ3v) is 3.36. The van der Waals surface area contributed by atoms with Crippen molar-refractivity contribution in [3.05, 3.63) is 25.3 Å². The topological polar surface area (TPSA) is 58.4 Å². The van der Waals surface area contributed by atoms with Crippen LogP contribution < -0.4 is 10.1 Å². The molecule has 1 unspecified atom stereocenters. The number of hydrogen-bond acceptors (Lipinski definition) is 1. The van der Waals surface area contributed by atoms with Crippen LogP contribution in [0, 0.1) is 0 Å². The molecule has 0 aliphatic heterocycles. The zero-order valence-electron chi connectivity index (χ0n) is 6.74. The molecule has 3 N–H and O–H groups in total. The van der Waals surface area contributed by atoms with Crippen molar-refractivity contribution in [1.82, 2.24) is 9.28 Å². The summed E-state index contributed by atoms with van der Waals surface area (Å²) in [5, 5.41) is 0. The Hall–Kier alpha value is -0.120. The van der Waals surface area contributed by atoms with Gasteiger partial charge in [0.1, 0.15) is 0 Å². The van der Waals surface area contributed by atoms with E-state index in [2.05, 4.69) is 13.2 Å². The standard InChI is InChI=1S/C6H13ClN3OP/c1-3-5-10(6-4-2)12(8,11)9-7/h3-4H,1-2,5-6H2,(H3,8,9,11). The van der Waals surface area contributed by atoms with E-state index in [4.69, 9.17) is 17.3 Å². The molecule has 0 saturated carbocycles. The molecule has 0 aromatic heterocycles. The van der Waals surface area contributed by atoms with E-state index in [0.717, 1.165) is 0 Å². The number of halogens is 1. The average Bonchev–Trinajstić information content (AvgIpc) is 2.04. The quantitative estimate of drug-likeness (QED) is 0.395. The first-order valence-electron chi connectivity index (χ1n) is 3.32. The highest BCUT2D eigenvalue weighted by atomic mass is 35.5. The Kier molecular flexibility index (Phi) is 5.46. The van der Waals surface area contributed by atoms with Gasteiger partial charge in [-0.3, -0.25) is 10.1 Å². The highest BCUT2D eigenvalue weighted by molar-refractivity contribution is 7.58. The largest absolute Gasteiger partial charge is 0.293 e. The van der Waals surface area contributed by atoms with Gasteiger partial charge >= 0.3 is 0 Å². The predicted octanol–water partition coefficient (Wildman–Crippen LogP) is 1.47. The van der Waals surface area contributed by atoms with Crippen LogP contribution in [0.3, 0.4) is 0 Å². The lowest BCUT2D eigenvalue weighted by Crippen LogP contribution is -2.29. The molecule has 0 spiro atoms. The van der Waals surface area contributed by atoms with E-state index in [-0.39, 0.29) is 0 Å². The number of nitrogens with zero attached hydrogens (tertiary/aromatic N) is 1.